The van der Waals surface area contributed by atoms with E-state index in [1.807, 2.05) is 0 Å². The Kier molecular flexibility index (Phi) is 30.9. The maximum atomic E-state index is 8.88. The number of aliphatic hydroxyl groups excluding tert-OH is 2. The zero-order valence-electron chi connectivity index (χ0n) is 15.1. The summed E-state index contributed by atoms with van der Waals surface area (Å²) in [4.78, 5) is 21.6. The van der Waals surface area contributed by atoms with Crippen molar-refractivity contribution in [2.24, 2.45) is 11.5 Å². The van der Waals surface area contributed by atoms with Crippen LogP contribution in [0, 0.1) is 0 Å². The zero-order chi connectivity index (χ0) is 19.8. The first-order chi connectivity index (χ1) is 11.8. The van der Waals surface area contributed by atoms with Crippen molar-refractivity contribution in [2.45, 2.75) is 38.5 Å². The summed E-state index contributed by atoms with van der Waals surface area (Å²) in [5.41, 5.74) is 10.6. The van der Waals surface area contributed by atoms with Gasteiger partial charge in [0.25, 0.3) is 0 Å². The zero-order valence-corrected chi connectivity index (χ0v) is 16.0. The molecule has 0 saturated carbocycles. The largest absolute Gasteiger partial charge is 0.466 e. The SMILES string of the molecule is NCCCCNCCCO.NCCCCNCCCO.O=P(O)(O)O. The molecule has 0 radical (unpaired) electrons. The van der Waals surface area contributed by atoms with Gasteiger partial charge in [-0.1, -0.05) is 0 Å². The Bertz CT molecular complexity index is 231. The Morgan fingerprint density at radius 1 is 0.640 bits per heavy atom. The molecule has 0 amide bonds. The highest BCUT2D eigenvalue weighted by atomic mass is 31.2. The van der Waals surface area contributed by atoms with Gasteiger partial charge in [0.15, 0.2) is 0 Å². The third kappa shape index (κ3) is 59.3. The second-order valence-electron chi connectivity index (χ2n) is 5.16. The number of hydrogen-bond donors (Lipinski definition) is 9. The summed E-state index contributed by atoms with van der Waals surface area (Å²) in [6, 6.07) is 0. The van der Waals surface area contributed by atoms with E-state index >= 15 is 0 Å². The van der Waals surface area contributed by atoms with Gasteiger partial charge in [0.2, 0.25) is 0 Å². The van der Waals surface area contributed by atoms with Crippen molar-refractivity contribution in [3.8, 4) is 0 Å². The van der Waals surface area contributed by atoms with Crippen LogP contribution < -0.4 is 22.1 Å². The van der Waals surface area contributed by atoms with Gasteiger partial charge in [0.1, 0.15) is 0 Å². The molecule has 0 aromatic rings. The van der Waals surface area contributed by atoms with Crippen molar-refractivity contribution in [3.63, 3.8) is 0 Å². The molecule has 0 bridgehead atoms. The van der Waals surface area contributed by atoms with Crippen molar-refractivity contribution in [1.29, 1.82) is 0 Å². The normalized spacial score (nSPS) is 10.5. The molecule has 0 aromatic carbocycles. The van der Waals surface area contributed by atoms with Crippen LogP contribution in [0.2, 0.25) is 0 Å². The lowest BCUT2D eigenvalue weighted by atomic mass is 10.3. The van der Waals surface area contributed by atoms with Gasteiger partial charge in [0.05, 0.1) is 0 Å². The summed E-state index contributed by atoms with van der Waals surface area (Å²) in [6.07, 6.45) is 6.16. The molecule has 11 heteroatoms. The quantitative estimate of drug-likeness (QED) is 0.124. The van der Waals surface area contributed by atoms with E-state index in [9.17, 15) is 0 Å². The number of unbranched alkanes of at least 4 members (excludes halogenated alkanes) is 2. The summed E-state index contributed by atoms with van der Waals surface area (Å²) in [5, 5.41) is 23.2. The number of phosphoric acid groups is 1. The predicted molar refractivity (Wildman–Crippen MR) is 100.0 cm³/mol. The first-order valence-corrected chi connectivity index (χ1v) is 10.2. The van der Waals surface area contributed by atoms with Crippen LogP contribution in [0.15, 0.2) is 0 Å². The molecule has 0 saturated heterocycles. The minimum atomic E-state index is -4.64. The van der Waals surface area contributed by atoms with E-state index in [1.54, 1.807) is 0 Å². The van der Waals surface area contributed by atoms with Crippen LogP contribution in [0.5, 0.6) is 0 Å². The molecule has 0 aliphatic carbocycles. The van der Waals surface area contributed by atoms with Crippen LogP contribution in [0.1, 0.15) is 38.5 Å². The maximum absolute atomic E-state index is 8.88. The van der Waals surface area contributed by atoms with Gasteiger partial charge in [-0.3, -0.25) is 0 Å². The molecule has 0 aliphatic heterocycles. The number of rotatable bonds is 14. The highest BCUT2D eigenvalue weighted by Gasteiger charge is 2.00. The molecule has 156 valence electrons. The van der Waals surface area contributed by atoms with Gasteiger partial charge in [-0.25, -0.2) is 4.57 Å². The second-order valence-corrected chi connectivity index (χ2v) is 6.19. The van der Waals surface area contributed by atoms with Crippen molar-refractivity contribution in [2.75, 3.05) is 52.5 Å². The summed E-state index contributed by atoms with van der Waals surface area (Å²) in [7, 11) is -4.64. The van der Waals surface area contributed by atoms with Crippen molar-refractivity contribution in [1.82, 2.24) is 10.6 Å². The number of nitrogens with two attached hydrogens (primary N) is 2. The molecule has 0 atom stereocenters. The Labute approximate surface area is 151 Å². The first kappa shape index (κ1) is 29.6. The van der Waals surface area contributed by atoms with Gasteiger partial charge in [0, 0.05) is 13.2 Å². The number of nitrogens with one attached hydrogen (secondary N) is 2. The topological polar surface area (TPSA) is 194 Å². The van der Waals surface area contributed by atoms with Gasteiger partial charge in [-0.15, -0.1) is 0 Å². The van der Waals surface area contributed by atoms with E-state index in [-0.39, 0.29) is 13.2 Å². The fourth-order valence-electron chi connectivity index (χ4n) is 1.45. The monoisotopic (exact) mass is 390 g/mol. The van der Waals surface area contributed by atoms with Crippen LogP contribution in [0.3, 0.4) is 0 Å². The smallest absolute Gasteiger partial charge is 0.396 e. The van der Waals surface area contributed by atoms with E-state index in [1.165, 1.54) is 0 Å². The third-order valence-electron chi connectivity index (χ3n) is 2.64. The van der Waals surface area contributed by atoms with Crippen LogP contribution >= 0.6 is 7.82 Å². The third-order valence-corrected chi connectivity index (χ3v) is 2.64. The Morgan fingerprint density at radius 3 is 1.16 bits per heavy atom. The molecular weight excluding hydrogens is 351 g/mol. The minimum absolute atomic E-state index is 0.282. The first-order valence-electron chi connectivity index (χ1n) is 8.65. The summed E-state index contributed by atoms with van der Waals surface area (Å²) < 4.78 is 8.88. The van der Waals surface area contributed by atoms with Gasteiger partial charge >= 0.3 is 7.82 Å². The van der Waals surface area contributed by atoms with E-state index < -0.39 is 7.82 Å². The molecule has 0 heterocycles. The van der Waals surface area contributed by atoms with Gasteiger partial charge in [-0.05, 0) is 77.8 Å². The van der Waals surface area contributed by atoms with Crippen molar-refractivity contribution < 1.29 is 29.5 Å². The molecule has 0 aromatic heterocycles. The Balaban J connectivity index is -0.000000308. The summed E-state index contributed by atoms with van der Waals surface area (Å²) >= 11 is 0. The lowest BCUT2D eigenvalue weighted by Gasteiger charge is -2.00. The van der Waals surface area contributed by atoms with Crippen molar-refractivity contribution in [3.05, 3.63) is 0 Å². The lowest BCUT2D eigenvalue weighted by molar-refractivity contribution is 0.275. The predicted octanol–water partition coefficient (Wildman–Crippen LogP) is -1.53. The highest BCUT2D eigenvalue weighted by Crippen LogP contribution is 2.25. The summed E-state index contributed by atoms with van der Waals surface area (Å²) in [5.74, 6) is 0. The molecular formula is C14H39N4O6P. The Hall–Kier alpha value is -0.130. The standard InChI is InChI=1S/2C7H18N2O.H3O4P/c2*8-4-1-2-5-9-6-3-7-10;1-5(2,3)4/h2*9-10H,1-8H2;(H3,1,2,3,4). The molecule has 11 N–H and O–H groups in total. The maximum Gasteiger partial charge on any atom is 0.466 e. The van der Waals surface area contributed by atoms with E-state index in [2.05, 4.69) is 10.6 Å². The molecule has 0 unspecified atom stereocenters. The van der Waals surface area contributed by atoms with Crippen LogP contribution in [0.4, 0.5) is 0 Å². The molecule has 0 fully saturated rings. The summed E-state index contributed by atoms with van der Waals surface area (Å²) in [6.45, 7) is 6.01. The van der Waals surface area contributed by atoms with Gasteiger partial charge in [-0.2, -0.15) is 0 Å². The fourth-order valence-corrected chi connectivity index (χ4v) is 1.45. The second kappa shape index (κ2) is 26.1. The lowest BCUT2D eigenvalue weighted by Crippen LogP contribution is -2.18. The molecule has 0 spiro atoms. The van der Waals surface area contributed by atoms with Crippen LogP contribution in [-0.2, 0) is 4.57 Å². The minimum Gasteiger partial charge on any atom is -0.396 e. The van der Waals surface area contributed by atoms with E-state index in [0.29, 0.717) is 0 Å². The molecule has 25 heavy (non-hydrogen) atoms. The van der Waals surface area contributed by atoms with E-state index in [0.717, 1.165) is 77.8 Å². The van der Waals surface area contributed by atoms with Crippen LogP contribution in [0.25, 0.3) is 0 Å². The van der Waals surface area contributed by atoms with E-state index in [4.69, 9.17) is 40.9 Å². The average Bonchev–Trinajstić information content (AvgIpc) is 2.53. The number of hydrogen-bond acceptors (Lipinski definition) is 7. The number of aliphatic hydroxyl groups is 2. The van der Waals surface area contributed by atoms with Crippen LogP contribution in [-0.4, -0.2) is 77.4 Å². The average molecular weight is 390 g/mol. The molecule has 0 aliphatic rings. The fraction of sp³-hybridized carbons (Fsp3) is 1.00. The van der Waals surface area contributed by atoms with Gasteiger partial charge < -0.3 is 47.0 Å². The highest BCUT2D eigenvalue weighted by molar-refractivity contribution is 7.45. The Morgan fingerprint density at radius 2 is 0.920 bits per heavy atom. The molecule has 0 rings (SSSR count). The van der Waals surface area contributed by atoms with Crippen molar-refractivity contribution >= 4 is 7.82 Å². The molecule has 10 nitrogen and oxygen atoms in total.